The van der Waals surface area contributed by atoms with E-state index in [2.05, 4.69) is 30.6 Å². The molecular formula is C27H20F3N7O. The average Bonchev–Trinajstić information content (AvgIpc) is 3.45. The molecule has 0 fully saturated rings. The molecule has 5 aromatic rings. The number of nitrogens with one attached hydrogen (secondary N) is 2. The Morgan fingerprint density at radius 2 is 1.84 bits per heavy atom. The summed E-state index contributed by atoms with van der Waals surface area (Å²) in [4.78, 5) is 29.6. The second kappa shape index (κ2) is 10.1. The fraction of sp³-hybridized carbons (Fsp3) is 0.0741. The van der Waals surface area contributed by atoms with Gasteiger partial charge in [-0.25, -0.2) is 15.0 Å². The second-order valence-electron chi connectivity index (χ2n) is 8.32. The molecule has 1 amide bonds. The first-order valence-corrected chi connectivity index (χ1v) is 11.4. The molecular weight excluding hydrogens is 495 g/mol. The van der Waals surface area contributed by atoms with Crippen molar-refractivity contribution in [1.29, 1.82) is 0 Å². The van der Waals surface area contributed by atoms with E-state index < -0.39 is 17.6 Å². The van der Waals surface area contributed by atoms with E-state index in [0.29, 0.717) is 23.0 Å². The summed E-state index contributed by atoms with van der Waals surface area (Å²) >= 11 is 0. The van der Waals surface area contributed by atoms with Crippen LogP contribution in [0, 0.1) is 6.92 Å². The highest BCUT2D eigenvalue weighted by atomic mass is 19.4. The van der Waals surface area contributed by atoms with Crippen molar-refractivity contribution in [1.82, 2.24) is 24.5 Å². The van der Waals surface area contributed by atoms with E-state index in [9.17, 15) is 18.0 Å². The lowest BCUT2D eigenvalue weighted by atomic mass is 10.1. The van der Waals surface area contributed by atoms with Gasteiger partial charge in [-0.3, -0.25) is 9.78 Å². The molecule has 5 rings (SSSR count). The number of hydrogen-bond donors (Lipinski definition) is 2. The van der Waals surface area contributed by atoms with Crippen LogP contribution in [0.3, 0.4) is 0 Å². The maximum Gasteiger partial charge on any atom is 0.418 e. The minimum Gasteiger partial charge on any atom is -0.324 e. The molecule has 3 heterocycles. The van der Waals surface area contributed by atoms with Crippen LogP contribution in [0.1, 0.15) is 21.5 Å². The molecule has 3 aromatic heterocycles. The quantitative estimate of drug-likeness (QED) is 0.286. The summed E-state index contributed by atoms with van der Waals surface area (Å²) in [5, 5.41) is 5.80. The summed E-state index contributed by atoms with van der Waals surface area (Å²) < 4.78 is 42.5. The molecule has 0 radical (unpaired) electrons. The molecule has 8 nitrogen and oxygen atoms in total. The van der Waals surface area contributed by atoms with E-state index in [4.69, 9.17) is 0 Å². The van der Waals surface area contributed by atoms with Gasteiger partial charge < -0.3 is 15.2 Å². The zero-order chi connectivity index (χ0) is 26.7. The Hall–Kier alpha value is -5.06. The summed E-state index contributed by atoms with van der Waals surface area (Å²) in [5.74, 6) is -0.347. The highest BCUT2D eigenvalue weighted by Gasteiger charge is 2.34. The van der Waals surface area contributed by atoms with Gasteiger partial charge in [0.2, 0.25) is 5.95 Å². The third-order valence-corrected chi connectivity index (χ3v) is 5.70. The molecule has 0 atom stereocenters. The van der Waals surface area contributed by atoms with Crippen molar-refractivity contribution in [2.24, 2.45) is 0 Å². The van der Waals surface area contributed by atoms with E-state index in [1.165, 1.54) is 35.4 Å². The number of hydrogen-bond acceptors (Lipinski definition) is 6. The Morgan fingerprint density at radius 3 is 2.58 bits per heavy atom. The lowest BCUT2D eigenvalue weighted by Gasteiger charge is -2.15. The fourth-order valence-corrected chi connectivity index (χ4v) is 3.78. The molecule has 0 aliphatic carbocycles. The minimum absolute atomic E-state index is 0.123. The predicted molar refractivity (Wildman–Crippen MR) is 136 cm³/mol. The van der Waals surface area contributed by atoms with Gasteiger partial charge in [0.15, 0.2) is 0 Å². The average molecular weight is 515 g/mol. The molecule has 38 heavy (non-hydrogen) atoms. The number of anilines is 3. The van der Waals surface area contributed by atoms with Crippen molar-refractivity contribution in [3.8, 4) is 16.9 Å². The van der Waals surface area contributed by atoms with Crippen LogP contribution in [0.25, 0.3) is 16.9 Å². The topological polar surface area (TPSA) is 97.6 Å². The number of alkyl halides is 3. The molecule has 0 aliphatic rings. The van der Waals surface area contributed by atoms with Gasteiger partial charge in [-0.05, 0) is 61.0 Å². The summed E-state index contributed by atoms with van der Waals surface area (Å²) in [5.41, 5.74) is 2.16. The summed E-state index contributed by atoms with van der Waals surface area (Å²) in [6.45, 7) is 1.86. The van der Waals surface area contributed by atoms with Crippen LogP contribution in [0.5, 0.6) is 0 Å². The summed E-state index contributed by atoms with van der Waals surface area (Å²) in [7, 11) is 0. The van der Waals surface area contributed by atoms with Crippen molar-refractivity contribution in [3.05, 3.63) is 109 Å². The van der Waals surface area contributed by atoms with Gasteiger partial charge in [0, 0.05) is 53.5 Å². The Bertz CT molecular complexity index is 1590. The first-order chi connectivity index (χ1) is 18.3. The predicted octanol–water partition coefficient (Wildman–Crippen LogP) is 6.05. The monoisotopic (exact) mass is 515 g/mol. The highest BCUT2D eigenvalue weighted by molar-refractivity contribution is 6.04. The molecule has 0 aliphatic heterocycles. The number of benzene rings is 2. The van der Waals surface area contributed by atoms with Crippen LogP contribution in [0.4, 0.5) is 30.5 Å². The largest absolute Gasteiger partial charge is 0.418 e. The SMILES string of the molecule is Cc1ccc(NC(=O)c2ccc(-n3ccnc3)c(C(F)(F)F)c2)cc1Nc1nccc(-c2cccnc2)n1. The van der Waals surface area contributed by atoms with Crippen LogP contribution < -0.4 is 10.6 Å². The van der Waals surface area contributed by atoms with Crippen LogP contribution in [-0.2, 0) is 6.18 Å². The van der Waals surface area contributed by atoms with Crippen LogP contribution in [-0.4, -0.2) is 30.4 Å². The normalized spacial score (nSPS) is 11.3. The van der Waals surface area contributed by atoms with Crippen molar-refractivity contribution < 1.29 is 18.0 Å². The Labute approximate surface area is 215 Å². The Kier molecular flexibility index (Phi) is 6.56. The number of halogens is 3. The van der Waals surface area contributed by atoms with Crippen LogP contribution in [0.2, 0.25) is 0 Å². The van der Waals surface area contributed by atoms with Gasteiger partial charge in [0.25, 0.3) is 5.91 Å². The van der Waals surface area contributed by atoms with Gasteiger partial charge in [-0.2, -0.15) is 13.2 Å². The molecule has 190 valence electrons. The molecule has 2 aromatic carbocycles. The van der Waals surface area contributed by atoms with Gasteiger partial charge in [0.05, 0.1) is 23.3 Å². The van der Waals surface area contributed by atoms with Gasteiger partial charge in [-0.1, -0.05) is 6.07 Å². The standard InChI is InChI=1S/C27H20F3N7O/c1-17-4-6-20(14-23(17)36-26-33-10-8-22(35-26)19-3-2-9-31-15-19)34-25(38)18-5-7-24(37-12-11-32-16-37)21(13-18)27(28,29)30/h2-16H,1H3,(H,34,38)(H,33,35,36). The Morgan fingerprint density at radius 1 is 0.974 bits per heavy atom. The summed E-state index contributed by atoms with van der Waals surface area (Å²) in [6, 6.07) is 14.0. The van der Waals surface area contributed by atoms with E-state index in [-0.39, 0.29) is 11.3 Å². The maximum absolute atomic E-state index is 13.8. The Balaban J connectivity index is 1.38. The van der Waals surface area contributed by atoms with Crippen molar-refractivity contribution in [2.75, 3.05) is 10.6 Å². The van der Waals surface area contributed by atoms with E-state index in [1.54, 1.807) is 42.9 Å². The highest BCUT2D eigenvalue weighted by Crippen LogP contribution is 2.35. The third-order valence-electron chi connectivity index (χ3n) is 5.70. The number of carbonyl (C=O) groups excluding carboxylic acids is 1. The van der Waals surface area contributed by atoms with Gasteiger partial charge in [-0.15, -0.1) is 0 Å². The first kappa shape index (κ1) is 24.6. The number of pyridine rings is 1. The van der Waals surface area contributed by atoms with E-state index >= 15 is 0 Å². The van der Waals surface area contributed by atoms with E-state index in [0.717, 1.165) is 17.2 Å². The lowest BCUT2D eigenvalue weighted by Crippen LogP contribution is -2.16. The molecule has 0 saturated heterocycles. The number of imidazole rings is 1. The number of nitrogens with zero attached hydrogens (tertiary/aromatic N) is 5. The minimum atomic E-state index is -4.67. The first-order valence-electron chi connectivity index (χ1n) is 11.4. The second-order valence-corrected chi connectivity index (χ2v) is 8.32. The number of amides is 1. The molecule has 11 heteroatoms. The zero-order valence-corrected chi connectivity index (χ0v) is 19.9. The molecule has 0 bridgehead atoms. The van der Waals surface area contributed by atoms with Crippen LogP contribution >= 0.6 is 0 Å². The number of carbonyl (C=O) groups is 1. The number of aromatic nitrogens is 5. The van der Waals surface area contributed by atoms with Crippen molar-refractivity contribution >= 4 is 23.2 Å². The fourth-order valence-electron chi connectivity index (χ4n) is 3.78. The van der Waals surface area contributed by atoms with Gasteiger partial charge in [0.1, 0.15) is 0 Å². The maximum atomic E-state index is 13.8. The van der Waals surface area contributed by atoms with Crippen molar-refractivity contribution in [3.63, 3.8) is 0 Å². The molecule has 0 saturated carbocycles. The van der Waals surface area contributed by atoms with Crippen LogP contribution in [0.15, 0.2) is 91.9 Å². The third kappa shape index (κ3) is 5.36. The number of rotatable bonds is 6. The zero-order valence-electron chi connectivity index (χ0n) is 19.9. The molecule has 0 unspecified atom stereocenters. The molecule has 2 N–H and O–H groups in total. The van der Waals surface area contributed by atoms with Gasteiger partial charge >= 0.3 is 6.18 Å². The van der Waals surface area contributed by atoms with Crippen molar-refractivity contribution in [2.45, 2.75) is 13.1 Å². The molecule has 0 spiro atoms. The smallest absolute Gasteiger partial charge is 0.324 e. The van der Waals surface area contributed by atoms with E-state index in [1.807, 2.05) is 19.1 Å². The number of aryl methyl sites for hydroxylation is 1. The summed E-state index contributed by atoms with van der Waals surface area (Å²) in [6.07, 6.45) is 4.36. The lowest BCUT2D eigenvalue weighted by molar-refractivity contribution is -0.137.